The molecule has 1 unspecified atom stereocenters. The highest BCUT2D eigenvalue weighted by atomic mass is 16.5. The minimum Gasteiger partial charge on any atom is -0.376 e. The van der Waals surface area contributed by atoms with E-state index in [0.717, 1.165) is 44.2 Å². The van der Waals surface area contributed by atoms with Gasteiger partial charge in [0.15, 0.2) is 0 Å². The fourth-order valence-corrected chi connectivity index (χ4v) is 3.49. The van der Waals surface area contributed by atoms with Gasteiger partial charge < -0.3 is 9.30 Å². The zero-order valence-electron chi connectivity index (χ0n) is 15.0. The molecule has 1 aliphatic heterocycles. The van der Waals surface area contributed by atoms with Crippen LogP contribution in [0.2, 0.25) is 0 Å². The Labute approximate surface area is 153 Å². The van der Waals surface area contributed by atoms with E-state index in [1.165, 1.54) is 5.56 Å². The minimum absolute atomic E-state index is 0.416. The van der Waals surface area contributed by atoms with Crippen molar-refractivity contribution >= 4 is 0 Å². The number of rotatable bonds is 6. The molecule has 0 amide bonds. The number of imidazole rings is 1. The molecular weight excluding hydrogens is 328 g/mol. The molecule has 3 aromatic rings. The van der Waals surface area contributed by atoms with Crippen molar-refractivity contribution in [2.24, 2.45) is 13.0 Å². The van der Waals surface area contributed by atoms with Gasteiger partial charge in [0.2, 0.25) is 0 Å². The van der Waals surface area contributed by atoms with Crippen molar-refractivity contribution in [3.05, 3.63) is 66.3 Å². The number of hydrogen-bond acceptors (Lipinski definition) is 5. The van der Waals surface area contributed by atoms with Crippen LogP contribution in [0.1, 0.15) is 17.0 Å². The van der Waals surface area contributed by atoms with E-state index < -0.39 is 0 Å². The molecule has 0 radical (unpaired) electrons. The van der Waals surface area contributed by atoms with E-state index in [-0.39, 0.29) is 0 Å². The average Bonchev–Trinajstić information content (AvgIpc) is 3.21. The molecule has 0 saturated heterocycles. The van der Waals surface area contributed by atoms with Crippen LogP contribution in [-0.4, -0.2) is 42.4 Å². The van der Waals surface area contributed by atoms with Crippen LogP contribution in [0.15, 0.2) is 49.3 Å². The zero-order chi connectivity index (χ0) is 17.8. The van der Waals surface area contributed by atoms with Crippen LogP contribution < -0.4 is 0 Å². The maximum absolute atomic E-state index is 5.99. The topological polar surface area (TPSA) is 61.0 Å². The zero-order valence-corrected chi connectivity index (χ0v) is 15.0. The van der Waals surface area contributed by atoms with Crippen molar-refractivity contribution in [1.82, 2.24) is 29.2 Å². The third-order valence-corrected chi connectivity index (χ3v) is 4.65. The van der Waals surface area contributed by atoms with Crippen LogP contribution in [0.25, 0.3) is 0 Å². The van der Waals surface area contributed by atoms with E-state index in [2.05, 4.69) is 36.9 Å². The molecule has 3 aromatic heterocycles. The Morgan fingerprint density at radius 3 is 2.96 bits per heavy atom. The maximum Gasteiger partial charge on any atom is 0.122 e. The van der Waals surface area contributed by atoms with Crippen LogP contribution in [0, 0.1) is 5.92 Å². The molecule has 1 atom stereocenters. The Bertz CT molecular complexity index is 827. The van der Waals surface area contributed by atoms with Crippen molar-refractivity contribution in [1.29, 1.82) is 0 Å². The van der Waals surface area contributed by atoms with Gasteiger partial charge in [-0.2, -0.15) is 5.10 Å². The Balaban J connectivity index is 1.40. The third kappa shape index (κ3) is 4.17. The van der Waals surface area contributed by atoms with Crippen molar-refractivity contribution < 1.29 is 4.74 Å². The number of nitrogens with zero attached hydrogens (tertiary/aromatic N) is 6. The van der Waals surface area contributed by atoms with Gasteiger partial charge in [0.05, 0.1) is 26.0 Å². The van der Waals surface area contributed by atoms with E-state index in [1.54, 1.807) is 6.20 Å². The molecule has 0 saturated carbocycles. The summed E-state index contributed by atoms with van der Waals surface area (Å²) in [5.74, 6) is 1.53. The van der Waals surface area contributed by atoms with E-state index in [0.29, 0.717) is 12.5 Å². The maximum atomic E-state index is 5.99. The number of fused-ring (bicyclic) bond motifs is 1. The lowest BCUT2D eigenvalue weighted by molar-refractivity contribution is 0.0664. The number of hydrogen-bond donors (Lipinski definition) is 0. The van der Waals surface area contributed by atoms with Crippen LogP contribution in [0.5, 0.6) is 0 Å². The highest BCUT2D eigenvalue weighted by molar-refractivity contribution is 5.07. The van der Waals surface area contributed by atoms with Crippen molar-refractivity contribution in [3.63, 3.8) is 0 Å². The third-order valence-electron chi connectivity index (χ3n) is 4.65. The van der Waals surface area contributed by atoms with Crippen LogP contribution in [0.4, 0.5) is 0 Å². The van der Waals surface area contributed by atoms with Crippen molar-refractivity contribution in [2.75, 3.05) is 13.2 Å². The quantitative estimate of drug-likeness (QED) is 0.678. The summed E-state index contributed by atoms with van der Waals surface area (Å²) < 4.78 is 10.1. The monoisotopic (exact) mass is 352 g/mol. The van der Waals surface area contributed by atoms with Crippen LogP contribution in [-0.2, 0) is 38.0 Å². The van der Waals surface area contributed by atoms with Crippen molar-refractivity contribution in [2.45, 2.75) is 26.2 Å². The molecule has 136 valence electrons. The standard InChI is InChI=1S/C19H24N6O/c1-23-9-17(8-22-23)10-24-11-18(12-25-6-5-21-19(25)13-24)15-26-14-16-3-2-4-20-7-16/h2-9,18H,10-15H2,1H3. The summed E-state index contributed by atoms with van der Waals surface area (Å²) in [6, 6.07) is 3.99. The fraction of sp³-hybridized carbons (Fsp3) is 0.421. The van der Waals surface area contributed by atoms with Gasteiger partial charge in [-0.1, -0.05) is 6.07 Å². The highest BCUT2D eigenvalue weighted by Gasteiger charge is 2.23. The number of ether oxygens (including phenoxy) is 1. The van der Waals surface area contributed by atoms with Crippen LogP contribution in [0.3, 0.4) is 0 Å². The first-order valence-corrected chi connectivity index (χ1v) is 8.93. The molecule has 0 bridgehead atoms. The summed E-state index contributed by atoms with van der Waals surface area (Å²) >= 11 is 0. The van der Waals surface area contributed by atoms with E-state index in [9.17, 15) is 0 Å². The van der Waals surface area contributed by atoms with E-state index in [4.69, 9.17) is 4.74 Å². The lowest BCUT2D eigenvalue weighted by atomic mass is 10.1. The second-order valence-corrected chi connectivity index (χ2v) is 6.93. The second-order valence-electron chi connectivity index (χ2n) is 6.93. The van der Waals surface area contributed by atoms with Crippen LogP contribution >= 0.6 is 0 Å². The predicted octanol–water partition coefficient (Wildman–Crippen LogP) is 1.86. The Morgan fingerprint density at radius 2 is 2.15 bits per heavy atom. The first-order chi connectivity index (χ1) is 12.8. The van der Waals surface area contributed by atoms with E-state index >= 15 is 0 Å². The first-order valence-electron chi connectivity index (χ1n) is 8.93. The minimum atomic E-state index is 0.416. The summed E-state index contributed by atoms with van der Waals surface area (Å²) in [4.78, 5) is 11.1. The van der Waals surface area contributed by atoms with Gasteiger partial charge in [0, 0.05) is 69.1 Å². The lowest BCUT2D eigenvalue weighted by Gasteiger charge is -2.23. The molecular formula is C19H24N6O. The smallest absolute Gasteiger partial charge is 0.122 e. The van der Waals surface area contributed by atoms with E-state index in [1.807, 2.05) is 42.5 Å². The molecule has 4 heterocycles. The molecule has 0 spiro atoms. The molecule has 7 heteroatoms. The Hall–Kier alpha value is -2.51. The predicted molar refractivity (Wildman–Crippen MR) is 96.9 cm³/mol. The normalized spacial score (nSPS) is 17.8. The van der Waals surface area contributed by atoms with Crippen molar-refractivity contribution in [3.8, 4) is 0 Å². The fourth-order valence-electron chi connectivity index (χ4n) is 3.49. The molecule has 26 heavy (non-hydrogen) atoms. The van der Waals surface area contributed by atoms with Gasteiger partial charge in [0.1, 0.15) is 5.82 Å². The number of aromatic nitrogens is 5. The molecule has 0 N–H and O–H groups in total. The molecule has 0 aromatic carbocycles. The largest absolute Gasteiger partial charge is 0.376 e. The molecule has 7 nitrogen and oxygen atoms in total. The summed E-state index contributed by atoms with van der Waals surface area (Å²) in [5.41, 5.74) is 2.33. The summed E-state index contributed by atoms with van der Waals surface area (Å²) in [6.45, 7) is 4.96. The van der Waals surface area contributed by atoms with Gasteiger partial charge in [-0.05, 0) is 11.6 Å². The van der Waals surface area contributed by atoms with Gasteiger partial charge in [-0.3, -0.25) is 14.6 Å². The first kappa shape index (κ1) is 16.9. The molecule has 0 fully saturated rings. The number of pyridine rings is 1. The lowest BCUT2D eigenvalue weighted by Crippen LogP contribution is -2.30. The molecule has 1 aliphatic rings. The Morgan fingerprint density at radius 1 is 1.19 bits per heavy atom. The summed E-state index contributed by atoms with van der Waals surface area (Å²) in [5, 5.41) is 4.28. The van der Waals surface area contributed by atoms with Gasteiger partial charge >= 0.3 is 0 Å². The molecule has 4 rings (SSSR count). The van der Waals surface area contributed by atoms with Gasteiger partial charge in [-0.15, -0.1) is 0 Å². The van der Waals surface area contributed by atoms with Gasteiger partial charge in [-0.25, -0.2) is 4.98 Å². The summed E-state index contributed by atoms with van der Waals surface area (Å²) in [7, 11) is 1.95. The van der Waals surface area contributed by atoms with Gasteiger partial charge in [0.25, 0.3) is 0 Å². The number of aryl methyl sites for hydroxylation is 1. The average molecular weight is 352 g/mol. The Kier molecular flexibility index (Phi) is 5.08. The molecule has 0 aliphatic carbocycles. The summed E-state index contributed by atoms with van der Waals surface area (Å²) in [6.07, 6.45) is 11.6. The second kappa shape index (κ2) is 7.80. The SMILES string of the molecule is Cn1cc(CN2Cc3nccn3CC(COCc3cccnc3)C2)cn1. The highest BCUT2D eigenvalue weighted by Crippen LogP contribution is 2.18.